The van der Waals surface area contributed by atoms with Crippen LogP contribution in [0.25, 0.3) is 0 Å². The number of benzene rings is 1. The molecule has 0 spiro atoms. The summed E-state index contributed by atoms with van der Waals surface area (Å²) in [5.74, 6) is 0.134. The van der Waals surface area contributed by atoms with Gasteiger partial charge in [-0.3, -0.25) is 4.79 Å². The van der Waals surface area contributed by atoms with Gasteiger partial charge in [0.1, 0.15) is 0 Å². The van der Waals surface area contributed by atoms with Gasteiger partial charge in [0.25, 0.3) is 0 Å². The van der Waals surface area contributed by atoms with E-state index in [2.05, 4.69) is 15.9 Å². The van der Waals surface area contributed by atoms with Gasteiger partial charge >= 0.3 is 0 Å². The summed E-state index contributed by atoms with van der Waals surface area (Å²) in [6, 6.07) is 5.63. The van der Waals surface area contributed by atoms with Crippen LogP contribution in [-0.2, 0) is 17.1 Å². The molecule has 0 saturated heterocycles. The first-order valence-corrected chi connectivity index (χ1v) is 5.08. The fraction of sp³-hybridized carbons (Fsp3) is 0.222. The Morgan fingerprint density at radius 3 is 2.69 bits per heavy atom. The van der Waals surface area contributed by atoms with Gasteiger partial charge in [0.15, 0.2) is 0 Å². The minimum absolute atomic E-state index is 0.253. The summed E-state index contributed by atoms with van der Waals surface area (Å²) < 4.78 is 0.879. The number of rotatable bonds is 3. The molecule has 0 aliphatic rings. The van der Waals surface area contributed by atoms with E-state index in [0.29, 0.717) is 5.88 Å². The Balaban J connectivity index is 2.91. The summed E-state index contributed by atoms with van der Waals surface area (Å²) in [6.45, 7) is 0. The average molecular weight is 263 g/mol. The third-order valence-electron chi connectivity index (χ3n) is 1.64. The van der Waals surface area contributed by atoms with E-state index in [1.165, 1.54) is 0 Å². The summed E-state index contributed by atoms with van der Waals surface area (Å²) in [5.41, 5.74) is 6.98. The molecule has 1 amide bonds. The first-order chi connectivity index (χ1) is 6.13. The lowest BCUT2D eigenvalue weighted by Crippen LogP contribution is -2.13. The van der Waals surface area contributed by atoms with Gasteiger partial charge in [-0.05, 0) is 17.2 Å². The van der Waals surface area contributed by atoms with Crippen LogP contribution in [0.15, 0.2) is 22.7 Å². The lowest BCUT2D eigenvalue weighted by molar-refractivity contribution is -0.117. The molecular weight excluding hydrogens is 253 g/mol. The molecule has 0 fully saturated rings. The lowest BCUT2D eigenvalue weighted by Gasteiger charge is -2.03. The van der Waals surface area contributed by atoms with Gasteiger partial charge in [-0.1, -0.05) is 28.1 Å². The number of alkyl halides is 1. The van der Waals surface area contributed by atoms with Crippen molar-refractivity contribution < 1.29 is 4.79 Å². The molecule has 0 unspecified atom stereocenters. The fourth-order valence-corrected chi connectivity index (χ4v) is 1.74. The molecule has 4 heteroatoms. The number of amides is 1. The second-order valence-electron chi connectivity index (χ2n) is 2.70. The van der Waals surface area contributed by atoms with Crippen LogP contribution in [0.1, 0.15) is 11.1 Å². The molecule has 0 atom stereocenters. The van der Waals surface area contributed by atoms with E-state index in [1.54, 1.807) is 0 Å². The largest absolute Gasteiger partial charge is 0.369 e. The van der Waals surface area contributed by atoms with Crippen molar-refractivity contribution in [3.63, 3.8) is 0 Å². The number of hydrogen-bond donors (Lipinski definition) is 1. The zero-order valence-electron chi connectivity index (χ0n) is 6.89. The number of nitrogens with two attached hydrogens (primary N) is 1. The first kappa shape index (κ1) is 10.5. The second kappa shape index (κ2) is 4.63. The average Bonchev–Trinajstić information content (AvgIpc) is 2.08. The van der Waals surface area contributed by atoms with Crippen molar-refractivity contribution in [2.24, 2.45) is 5.73 Å². The first-order valence-electron chi connectivity index (χ1n) is 3.75. The van der Waals surface area contributed by atoms with Crippen LogP contribution < -0.4 is 5.73 Å². The predicted octanol–water partition coefficient (Wildman–Crippen LogP) is 2.22. The highest BCUT2D eigenvalue weighted by Crippen LogP contribution is 2.19. The summed E-state index contributed by atoms with van der Waals surface area (Å²) in [4.78, 5) is 10.7. The van der Waals surface area contributed by atoms with Gasteiger partial charge in [-0.15, -0.1) is 11.6 Å². The molecule has 1 aromatic carbocycles. The standard InChI is InChI=1S/C9H9BrClNO/c10-8-3-6(5-11)1-2-7(8)4-9(12)13/h1-3H,4-5H2,(H2,12,13). The van der Waals surface area contributed by atoms with Crippen LogP contribution in [0.5, 0.6) is 0 Å². The Labute approximate surface area is 90.2 Å². The van der Waals surface area contributed by atoms with Crippen molar-refractivity contribution in [2.45, 2.75) is 12.3 Å². The van der Waals surface area contributed by atoms with Gasteiger partial charge in [-0.2, -0.15) is 0 Å². The quantitative estimate of drug-likeness (QED) is 0.834. The van der Waals surface area contributed by atoms with Crippen molar-refractivity contribution in [3.05, 3.63) is 33.8 Å². The van der Waals surface area contributed by atoms with Crippen LogP contribution >= 0.6 is 27.5 Å². The summed E-state index contributed by atoms with van der Waals surface area (Å²) in [5, 5.41) is 0. The van der Waals surface area contributed by atoms with E-state index in [0.717, 1.165) is 15.6 Å². The molecule has 2 nitrogen and oxygen atoms in total. The van der Waals surface area contributed by atoms with E-state index < -0.39 is 0 Å². The third-order valence-corrected chi connectivity index (χ3v) is 2.68. The number of hydrogen-bond acceptors (Lipinski definition) is 1. The maximum absolute atomic E-state index is 10.7. The molecule has 0 aliphatic heterocycles. The van der Waals surface area contributed by atoms with Gasteiger partial charge in [0, 0.05) is 10.4 Å². The van der Waals surface area contributed by atoms with Gasteiger partial charge < -0.3 is 5.73 Å². The molecule has 1 rings (SSSR count). The molecule has 0 saturated carbocycles. The van der Waals surface area contributed by atoms with Crippen molar-refractivity contribution in [2.75, 3.05) is 0 Å². The normalized spacial score (nSPS) is 10.0. The number of halogens is 2. The number of primary amides is 1. The topological polar surface area (TPSA) is 43.1 Å². The Bertz CT molecular complexity index is 327. The maximum Gasteiger partial charge on any atom is 0.221 e. The molecule has 0 heterocycles. The van der Waals surface area contributed by atoms with Crippen molar-refractivity contribution in [1.29, 1.82) is 0 Å². The Kier molecular flexibility index (Phi) is 3.75. The molecule has 0 aromatic heterocycles. The highest BCUT2D eigenvalue weighted by atomic mass is 79.9. The molecule has 13 heavy (non-hydrogen) atoms. The zero-order valence-corrected chi connectivity index (χ0v) is 9.23. The highest BCUT2D eigenvalue weighted by molar-refractivity contribution is 9.10. The highest BCUT2D eigenvalue weighted by Gasteiger charge is 2.03. The molecule has 0 bridgehead atoms. The fourth-order valence-electron chi connectivity index (χ4n) is 1.01. The number of carbonyl (C=O) groups excluding carboxylic acids is 1. The summed E-state index contributed by atoms with van der Waals surface area (Å²) >= 11 is 8.99. The molecule has 0 aliphatic carbocycles. The van der Waals surface area contributed by atoms with Crippen molar-refractivity contribution in [1.82, 2.24) is 0 Å². The van der Waals surface area contributed by atoms with E-state index in [9.17, 15) is 4.79 Å². The SMILES string of the molecule is NC(=O)Cc1ccc(CCl)cc1Br. The van der Waals surface area contributed by atoms with Crippen molar-refractivity contribution in [3.8, 4) is 0 Å². The molecule has 0 radical (unpaired) electrons. The van der Waals surface area contributed by atoms with E-state index in [4.69, 9.17) is 17.3 Å². The van der Waals surface area contributed by atoms with Crippen LogP contribution in [0.4, 0.5) is 0 Å². The molecule has 70 valence electrons. The maximum atomic E-state index is 10.7. The van der Waals surface area contributed by atoms with Gasteiger partial charge in [0.2, 0.25) is 5.91 Å². The van der Waals surface area contributed by atoms with E-state index in [1.807, 2.05) is 18.2 Å². The molecular formula is C9H9BrClNO. The second-order valence-corrected chi connectivity index (χ2v) is 3.82. The smallest absolute Gasteiger partial charge is 0.221 e. The molecule has 2 N–H and O–H groups in total. The van der Waals surface area contributed by atoms with Crippen molar-refractivity contribution >= 4 is 33.4 Å². The van der Waals surface area contributed by atoms with E-state index in [-0.39, 0.29) is 12.3 Å². The predicted molar refractivity (Wildman–Crippen MR) is 56.6 cm³/mol. The van der Waals surface area contributed by atoms with Crippen LogP contribution in [-0.4, -0.2) is 5.91 Å². The van der Waals surface area contributed by atoms with E-state index >= 15 is 0 Å². The van der Waals surface area contributed by atoms with Crippen LogP contribution in [0, 0.1) is 0 Å². The third kappa shape index (κ3) is 3.01. The minimum Gasteiger partial charge on any atom is -0.369 e. The number of carbonyl (C=O) groups is 1. The van der Waals surface area contributed by atoms with Crippen LogP contribution in [0.3, 0.4) is 0 Å². The Hall–Kier alpha value is -0.540. The minimum atomic E-state index is -0.334. The summed E-state index contributed by atoms with van der Waals surface area (Å²) in [6.07, 6.45) is 0.253. The van der Waals surface area contributed by atoms with Crippen LogP contribution in [0.2, 0.25) is 0 Å². The Morgan fingerprint density at radius 1 is 1.54 bits per heavy atom. The molecule has 1 aromatic rings. The monoisotopic (exact) mass is 261 g/mol. The van der Waals surface area contributed by atoms with Gasteiger partial charge in [-0.25, -0.2) is 0 Å². The summed E-state index contributed by atoms with van der Waals surface area (Å²) in [7, 11) is 0. The Morgan fingerprint density at radius 2 is 2.23 bits per heavy atom. The zero-order chi connectivity index (χ0) is 9.84. The lowest BCUT2D eigenvalue weighted by atomic mass is 10.1. The van der Waals surface area contributed by atoms with Gasteiger partial charge in [0.05, 0.1) is 6.42 Å².